The Morgan fingerprint density at radius 2 is 2.06 bits per heavy atom. The third-order valence-electron chi connectivity index (χ3n) is 2.94. The molecule has 3 heteroatoms. The van der Waals surface area contributed by atoms with Gasteiger partial charge in [0, 0.05) is 6.54 Å². The number of isocyanates is 1. The van der Waals surface area contributed by atoms with Crippen LogP contribution < -0.4 is 0 Å². The van der Waals surface area contributed by atoms with Crippen molar-refractivity contribution in [1.82, 2.24) is 4.90 Å². The van der Waals surface area contributed by atoms with E-state index >= 15 is 0 Å². The standard InChI is InChI=1S/C13H16N2O/c16-11-14-13-6-4-5-12(9-13)10-15-7-2-1-3-8-15/h4-6,9H,1-3,7-8,10H2. The minimum Gasteiger partial charge on any atom is -0.299 e. The molecule has 0 bridgehead atoms. The maximum Gasteiger partial charge on any atom is 0.240 e. The van der Waals surface area contributed by atoms with E-state index in [1.807, 2.05) is 18.2 Å². The van der Waals surface area contributed by atoms with E-state index < -0.39 is 0 Å². The van der Waals surface area contributed by atoms with Crippen LogP contribution in [0.4, 0.5) is 5.69 Å². The van der Waals surface area contributed by atoms with Gasteiger partial charge in [-0.15, -0.1) is 0 Å². The summed E-state index contributed by atoms with van der Waals surface area (Å²) in [4.78, 5) is 16.3. The van der Waals surface area contributed by atoms with Gasteiger partial charge >= 0.3 is 0 Å². The number of nitrogens with zero attached hydrogens (tertiary/aromatic N) is 2. The summed E-state index contributed by atoms with van der Waals surface area (Å²) in [5, 5.41) is 0. The Morgan fingerprint density at radius 3 is 2.81 bits per heavy atom. The van der Waals surface area contributed by atoms with Crippen LogP contribution in [0.2, 0.25) is 0 Å². The molecule has 16 heavy (non-hydrogen) atoms. The van der Waals surface area contributed by atoms with Gasteiger partial charge in [0.25, 0.3) is 0 Å². The van der Waals surface area contributed by atoms with Crippen LogP contribution in [0.1, 0.15) is 24.8 Å². The van der Waals surface area contributed by atoms with Crippen molar-refractivity contribution in [3.05, 3.63) is 29.8 Å². The molecule has 1 fully saturated rings. The molecule has 1 aliphatic heterocycles. The van der Waals surface area contributed by atoms with Crippen LogP contribution in [0.5, 0.6) is 0 Å². The second kappa shape index (κ2) is 5.59. The van der Waals surface area contributed by atoms with Crippen molar-refractivity contribution < 1.29 is 4.79 Å². The average molecular weight is 216 g/mol. The number of likely N-dealkylation sites (tertiary alicyclic amines) is 1. The highest BCUT2D eigenvalue weighted by molar-refractivity contribution is 5.49. The van der Waals surface area contributed by atoms with Crippen LogP contribution in [-0.2, 0) is 11.3 Å². The van der Waals surface area contributed by atoms with E-state index in [1.165, 1.54) is 37.9 Å². The summed E-state index contributed by atoms with van der Waals surface area (Å²) in [6.45, 7) is 3.32. The van der Waals surface area contributed by atoms with Gasteiger partial charge in [0.15, 0.2) is 0 Å². The molecule has 1 saturated heterocycles. The largest absolute Gasteiger partial charge is 0.299 e. The predicted octanol–water partition coefficient (Wildman–Crippen LogP) is 2.64. The summed E-state index contributed by atoms with van der Waals surface area (Å²) >= 11 is 0. The molecule has 2 rings (SSSR count). The van der Waals surface area contributed by atoms with Gasteiger partial charge < -0.3 is 0 Å². The van der Waals surface area contributed by atoms with Crippen molar-refractivity contribution in [3.8, 4) is 0 Å². The molecule has 0 amide bonds. The van der Waals surface area contributed by atoms with Gasteiger partial charge in [0.1, 0.15) is 0 Å². The third-order valence-corrected chi connectivity index (χ3v) is 2.94. The van der Waals surface area contributed by atoms with Crippen LogP contribution in [0.25, 0.3) is 0 Å². The van der Waals surface area contributed by atoms with Gasteiger partial charge in [-0.25, -0.2) is 4.79 Å². The number of benzene rings is 1. The molecule has 0 aliphatic carbocycles. The van der Waals surface area contributed by atoms with Crippen LogP contribution in [0.15, 0.2) is 29.3 Å². The lowest BCUT2D eigenvalue weighted by atomic mass is 10.1. The van der Waals surface area contributed by atoms with E-state index in [0.717, 1.165) is 6.54 Å². The van der Waals surface area contributed by atoms with Gasteiger partial charge in [-0.3, -0.25) is 4.90 Å². The molecule has 0 aromatic heterocycles. The number of aliphatic imine (C=N–C) groups is 1. The fourth-order valence-electron chi connectivity index (χ4n) is 2.15. The van der Waals surface area contributed by atoms with Crippen molar-refractivity contribution in [2.45, 2.75) is 25.8 Å². The molecule has 0 spiro atoms. The summed E-state index contributed by atoms with van der Waals surface area (Å²) in [5.41, 5.74) is 1.92. The van der Waals surface area contributed by atoms with E-state index in [9.17, 15) is 4.79 Å². The summed E-state index contributed by atoms with van der Waals surface area (Å²) in [7, 11) is 0. The highest BCUT2D eigenvalue weighted by Gasteiger charge is 2.10. The molecule has 0 radical (unpaired) electrons. The quantitative estimate of drug-likeness (QED) is 0.574. The Morgan fingerprint density at radius 1 is 1.25 bits per heavy atom. The zero-order valence-corrected chi connectivity index (χ0v) is 9.35. The van der Waals surface area contributed by atoms with Crippen LogP contribution >= 0.6 is 0 Å². The second-order valence-electron chi connectivity index (χ2n) is 4.21. The highest BCUT2D eigenvalue weighted by Crippen LogP contribution is 2.17. The zero-order valence-electron chi connectivity index (χ0n) is 9.35. The molecule has 1 aromatic rings. The molecule has 1 aromatic carbocycles. The first-order valence-electron chi connectivity index (χ1n) is 5.77. The Kier molecular flexibility index (Phi) is 3.86. The summed E-state index contributed by atoms with van der Waals surface area (Å²) in [5.74, 6) is 0. The first-order valence-corrected chi connectivity index (χ1v) is 5.77. The summed E-state index contributed by atoms with van der Waals surface area (Å²) < 4.78 is 0. The van der Waals surface area contributed by atoms with Crippen LogP contribution in [0, 0.1) is 0 Å². The fraction of sp³-hybridized carbons (Fsp3) is 0.462. The fourth-order valence-corrected chi connectivity index (χ4v) is 2.15. The molecule has 1 aliphatic rings. The maximum atomic E-state index is 10.2. The van der Waals surface area contributed by atoms with Crippen molar-refractivity contribution >= 4 is 11.8 Å². The normalized spacial score (nSPS) is 16.8. The van der Waals surface area contributed by atoms with E-state index in [2.05, 4.69) is 16.0 Å². The number of hydrogen-bond acceptors (Lipinski definition) is 3. The smallest absolute Gasteiger partial charge is 0.240 e. The Bertz CT molecular complexity index is 391. The molecular formula is C13H16N2O. The molecule has 0 atom stereocenters. The first kappa shape index (κ1) is 11.1. The van der Waals surface area contributed by atoms with E-state index in [4.69, 9.17) is 0 Å². The van der Waals surface area contributed by atoms with Crippen LogP contribution in [0.3, 0.4) is 0 Å². The molecule has 0 N–H and O–H groups in total. The Balaban J connectivity index is 2.02. The number of hydrogen-bond donors (Lipinski definition) is 0. The SMILES string of the molecule is O=C=Nc1cccc(CN2CCCCC2)c1. The Labute approximate surface area is 95.8 Å². The zero-order chi connectivity index (χ0) is 11.2. The van der Waals surface area contributed by atoms with Gasteiger partial charge in [0.05, 0.1) is 5.69 Å². The lowest BCUT2D eigenvalue weighted by Crippen LogP contribution is -2.28. The molecule has 3 nitrogen and oxygen atoms in total. The predicted molar refractivity (Wildman–Crippen MR) is 63.4 cm³/mol. The lowest BCUT2D eigenvalue weighted by molar-refractivity contribution is 0.221. The number of piperidine rings is 1. The monoisotopic (exact) mass is 216 g/mol. The molecular weight excluding hydrogens is 200 g/mol. The van der Waals surface area contributed by atoms with E-state index in [0.29, 0.717) is 5.69 Å². The second-order valence-corrected chi connectivity index (χ2v) is 4.21. The van der Waals surface area contributed by atoms with Gasteiger partial charge in [-0.05, 0) is 43.6 Å². The van der Waals surface area contributed by atoms with Crippen molar-refractivity contribution in [3.63, 3.8) is 0 Å². The van der Waals surface area contributed by atoms with E-state index in [1.54, 1.807) is 6.08 Å². The van der Waals surface area contributed by atoms with E-state index in [-0.39, 0.29) is 0 Å². The lowest BCUT2D eigenvalue weighted by Gasteiger charge is -2.26. The maximum absolute atomic E-state index is 10.2. The van der Waals surface area contributed by atoms with Gasteiger partial charge in [-0.1, -0.05) is 18.6 Å². The summed E-state index contributed by atoms with van der Waals surface area (Å²) in [6.07, 6.45) is 5.52. The topological polar surface area (TPSA) is 32.7 Å². The van der Waals surface area contributed by atoms with Crippen molar-refractivity contribution in [1.29, 1.82) is 0 Å². The van der Waals surface area contributed by atoms with Gasteiger partial charge in [-0.2, -0.15) is 4.99 Å². The van der Waals surface area contributed by atoms with Crippen LogP contribution in [-0.4, -0.2) is 24.1 Å². The summed E-state index contributed by atoms with van der Waals surface area (Å²) in [6, 6.07) is 7.80. The average Bonchev–Trinajstić information content (AvgIpc) is 2.31. The van der Waals surface area contributed by atoms with Crippen molar-refractivity contribution in [2.75, 3.05) is 13.1 Å². The van der Waals surface area contributed by atoms with Gasteiger partial charge in [0.2, 0.25) is 6.08 Å². The van der Waals surface area contributed by atoms with Crippen molar-refractivity contribution in [2.24, 2.45) is 4.99 Å². The first-order chi connectivity index (χ1) is 7.88. The molecule has 0 saturated carbocycles. The third kappa shape index (κ3) is 3.02. The minimum atomic E-state index is 0.699. The molecule has 1 heterocycles. The highest BCUT2D eigenvalue weighted by atomic mass is 16.1. The Hall–Kier alpha value is -1.44. The molecule has 0 unspecified atom stereocenters. The molecule has 84 valence electrons. The minimum absolute atomic E-state index is 0.699. The number of carbonyl (C=O) groups excluding carboxylic acids is 1. The number of rotatable bonds is 3.